The van der Waals surface area contributed by atoms with E-state index in [0.717, 1.165) is 33.7 Å². The number of aromatic carboxylic acids is 1. The average molecular weight is 466 g/mol. The Kier molecular flexibility index (Phi) is 11.8. The van der Waals surface area contributed by atoms with Gasteiger partial charge in [0.2, 0.25) is 0 Å². The number of benzene rings is 2. The highest BCUT2D eigenvalue weighted by Gasteiger charge is 2.18. The molecule has 0 aliphatic rings. The van der Waals surface area contributed by atoms with E-state index in [2.05, 4.69) is 5.32 Å². The fourth-order valence-electron chi connectivity index (χ4n) is 2.48. The Labute approximate surface area is 191 Å². The van der Waals surface area contributed by atoms with E-state index in [-0.39, 0.29) is 0 Å². The molecule has 0 unspecified atom stereocenters. The first-order chi connectivity index (χ1) is 14.5. The number of hydrogen-bond donors (Lipinski definition) is 2. The lowest BCUT2D eigenvalue weighted by atomic mass is 10.1. The highest BCUT2D eigenvalue weighted by Crippen LogP contribution is 2.36. The van der Waals surface area contributed by atoms with E-state index < -0.39 is 5.97 Å². The molecule has 0 radical (unpaired) electrons. The number of thiophene rings is 1. The summed E-state index contributed by atoms with van der Waals surface area (Å²) in [4.78, 5) is 22.0. The zero-order valence-electron chi connectivity index (χ0n) is 17.1. The number of carboxylic acids is 1. The van der Waals surface area contributed by atoms with Crippen LogP contribution in [0.4, 0.5) is 5.69 Å². The summed E-state index contributed by atoms with van der Waals surface area (Å²) in [5.74, 6) is -0.930. The molecule has 3 aromatic rings. The summed E-state index contributed by atoms with van der Waals surface area (Å²) in [5, 5.41) is 15.3. The Hall–Kier alpha value is -2.34. The second kappa shape index (κ2) is 13.8. The number of rotatable bonds is 6. The van der Waals surface area contributed by atoms with E-state index >= 15 is 0 Å². The molecule has 160 valence electrons. The van der Waals surface area contributed by atoms with Crippen molar-refractivity contribution in [2.24, 2.45) is 0 Å². The second-order valence-electron chi connectivity index (χ2n) is 5.71. The molecule has 0 bridgehead atoms. The van der Waals surface area contributed by atoms with Gasteiger partial charge in [-0.1, -0.05) is 67.4 Å². The Morgan fingerprint density at radius 1 is 1.10 bits per heavy atom. The van der Waals surface area contributed by atoms with Crippen molar-refractivity contribution in [1.82, 2.24) is 0 Å². The van der Waals surface area contributed by atoms with Crippen molar-refractivity contribution < 1.29 is 14.7 Å². The molecule has 2 aromatic carbocycles. The van der Waals surface area contributed by atoms with Gasteiger partial charge < -0.3 is 15.2 Å². The van der Waals surface area contributed by atoms with Gasteiger partial charge in [-0.05, 0) is 35.7 Å². The predicted molar refractivity (Wildman–Crippen MR) is 128 cm³/mol. The van der Waals surface area contributed by atoms with Crippen molar-refractivity contribution >= 4 is 52.5 Å². The molecule has 0 aliphatic heterocycles. The Morgan fingerprint density at radius 3 is 2.27 bits per heavy atom. The maximum Gasteiger partial charge on any atom is 0.339 e. The third kappa shape index (κ3) is 7.48. The highest BCUT2D eigenvalue weighted by atomic mass is 35.5. The molecule has 1 heterocycles. The van der Waals surface area contributed by atoms with Crippen LogP contribution in [0.3, 0.4) is 0 Å². The number of nitrogens with one attached hydrogen (secondary N) is 1. The lowest BCUT2D eigenvalue weighted by Gasteiger charge is -2.03. The van der Waals surface area contributed by atoms with Crippen LogP contribution in [0.5, 0.6) is 0 Å². The van der Waals surface area contributed by atoms with E-state index in [1.807, 2.05) is 50.2 Å². The van der Waals surface area contributed by atoms with Gasteiger partial charge in [-0.15, -0.1) is 11.3 Å². The Balaban J connectivity index is 0.000000300. The summed E-state index contributed by atoms with van der Waals surface area (Å²) in [5.41, 5.74) is 2.84. The van der Waals surface area contributed by atoms with E-state index in [1.165, 1.54) is 11.3 Å². The van der Waals surface area contributed by atoms with Crippen molar-refractivity contribution in [2.75, 3.05) is 12.4 Å². The van der Waals surface area contributed by atoms with Gasteiger partial charge in [-0.3, -0.25) is 0 Å². The fourth-order valence-corrected chi connectivity index (χ4v) is 3.90. The minimum Gasteiger partial charge on any atom is -0.478 e. The summed E-state index contributed by atoms with van der Waals surface area (Å²) >= 11 is 13.1. The van der Waals surface area contributed by atoms with Gasteiger partial charge >= 0.3 is 5.97 Å². The third-order valence-electron chi connectivity index (χ3n) is 3.87. The van der Waals surface area contributed by atoms with Crippen LogP contribution in [-0.4, -0.2) is 24.4 Å². The van der Waals surface area contributed by atoms with E-state index in [1.54, 1.807) is 24.6 Å². The van der Waals surface area contributed by atoms with E-state index in [9.17, 15) is 14.7 Å². The maximum absolute atomic E-state index is 11.2. The number of carbonyl (C=O) groups is 2. The van der Waals surface area contributed by atoms with Crippen LogP contribution in [0.25, 0.3) is 10.4 Å². The van der Waals surface area contributed by atoms with Gasteiger partial charge in [0.15, 0.2) is 0 Å². The molecule has 0 fully saturated rings. The fraction of sp³-hybridized carbons (Fsp3) is 0.217. The highest BCUT2D eigenvalue weighted by molar-refractivity contribution is 7.14. The summed E-state index contributed by atoms with van der Waals surface area (Å²) in [7, 11) is 1.71. The number of hydrogen-bond acceptors (Lipinski definition) is 4. The molecule has 3 rings (SSSR count). The topological polar surface area (TPSA) is 66.4 Å². The van der Waals surface area contributed by atoms with Crippen molar-refractivity contribution in [3.05, 3.63) is 75.1 Å². The molecule has 2 N–H and O–H groups in total. The number of carboxylic acid groups (broad SMARTS) is 1. The van der Waals surface area contributed by atoms with Crippen LogP contribution in [0, 0.1) is 0 Å². The summed E-state index contributed by atoms with van der Waals surface area (Å²) in [6.07, 6.45) is 2.19. The largest absolute Gasteiger partial charge is 0.478 e. The molecule has 0 saturated heterocycles. The average Bonchev–Trinajstić information content (AvgIpc) is 3.20. The Morgan fingerprint density at radius 2 is 1.73 bits per heavy atom. The molecule has 30 heavy (non-hydrogen) atoms. The van der Waals surface area contributed by atoms with Crippen LogP contribution in [-0.2, 0) is 11.2 Å². The zero-order chi connectivity index (χ0) is 22.5. The molecular weight excluding hydrogens is 441 g/mol. The lowest BCUT2D eigenvalue weighted by Crippen LogP contribution is -2.01. The standard InChI is InChI=1S/C12H10ClNO2S.C9H9ClO.C2H6/c1-14-9-6-17-11(10(9)12(15)16)7-2-4-8(13)5-3-7;10-9-6-2-1-4-8(9)5-3-7-11;1-2/h2-6,14H,1H3,(H,15,16);1-2,4,6-7H,3,5H2;1-2H3. The van der Waals surface area contributed by atoms with Crippen LogP contribution >= 0.6 is 34.5 Å². The van der Waals surface area contributed by atoms with Crippen LogP contribution in [0.1, 0.15) is 36.2 Å². The quantitative estimate of drug-likeness (QED) is 0.374. The number of aldehydes is 1. The number of aryl methyl sites for hydroxylation is 1. The molecule has 0 spiro atoms. The van der Waals surface area contributed by atoms with Gasteiger partial charge in [0.05, 0.1) is 10.6 Å². The molecule has 4 nitrogen and oxygen atoms in total. The summed E-state index contributed by atoms with van der Waals surface area (Å²) < 4.78 is 0. The first-order valence-electron chi connectivity index (χ1n) is 9.43. The lowest BCUT2D eigenvalue weighted by molar-refractivity contribution is -0.107. The monoisotopic (exact) mass is 465 g/mol. The van der Waals surface area contributed by atoms with Crippen LogP contribution < -0.4 is 5.32 Å². The maximum atomic E-state index is 11.2. The molecule has 0 aliphatic carbocycles. The molecular formula is C23H25Cl2NO3S. The van der Waals surface area contributed by atoms with Crippen LogP contribution in [0.15, 0.2) is 53.9 Å². The van der Waals surface area contributed by atoms with Gasteiger partial charge in [0.1, 0.15) is 11.8 Å². The zero-order valence-corrected chi connectivity index (χ0v) is 19.4. The third-order valence-corrected chi connectivity index (χ3v) is 5.52. The first kappa shape index (κ1) is 25.7. The van der Waals surface area contributed by atoms with Gasteiger partial charge in [0, 0.05) is 28.9 Å². The van der Waals surface area contributed by atoms with Crippen molar-refractivity contribution in [1.29, 1.82) is 0 Å². The number of carbonyl (C=O) groups excluding carboxylic acids is 1. The molecule has 0 amide bonds. The first-order valence-corrected chi connectivity index (χ1v) is 11.1. The smallest absolute Gasteiger partial charge is 0.339 e. The van der Waals surface area contributed by atoms with E-state index in [0.29, 0.717) is 22.7 Å². The summed E-state index contributed by atoms with van der Waals surface area (Å²) in [6.45, 7) is 4.00. The minimum absolute atomic E-state index is 0.305. The van der Waals surface area contributed by atoms with Gasteiger partial charge in [-0.2, -0.15) is 0 Å². The Bertz CT molecular complexity index is 940. The predicted octanol–water partition coefficient (Wildman–Crippen LogP) is 7.31. The molecule has 0 saturated carbocycles. The number of halogens is 2. The van der Waals surface area contributed by atoms with E-state index in [4.69, 9.17) is 23.2 Å². The molecule has 7 heteroatoms. The normalized spacial score (nSPS) is 9.50. The van der Waals surface area contributed by atoms with Crippen molar-refractivity contribution in [3.63, 3.8) is 0 Å². The second-order valence-corrected chi connectivity index (χ2v) is 7.44. The van der Waals surface area contributed by atoms with Gasteiger partial charge in [-0.25, -0.2) is 4.79 Å². The molecule has 1 aromatic heterocycles. The SMILES string of the molecule is CC.CNc1csc(-c2ccc(Cl)cc2)c1C(=O)O.O=CCCc1ccccc1Cl. The molecule has 0 atom stereocenters. The van der Waals surface area contributed by atoms with Crippen molar-refractivity contribution in [2.45, 2.75) is 26.7 Å². The van der Waals surface area contributed by atoms with Crippen LogP contribution in [0.2, 0.25) is 10.0 Å². The van der Waals surface area contributed by atoms with Crippen molar-refractivity contribution in [3.8, 4) is 10.4 Å². The minimum atomic E-state index is -0.930. The number of anilines is 1. The van der Waals surface area contributed by atoms with Gasteiger partial charge in [0.25, 0.3) is 0 Å². The summed E-state index contributed by atoms with van der Waals surface area (Å²) in [6, 6.07) is 14.7.